The van der Waals surface area contributed by atoms with Gasteiger partial charge in [-0.05, 0) is 65.1 Å². The normalized spacial score (nSPS) is 12.4. The lowest BCUT2D eigenvalue weighted by Crippen LogP contribution is -2.30. The predicted octanol–water partition coefficient (Wildman–Crippen LogP) is 4.61. The Morgan fingerprint density at radius 2 is 1.95 bits per heavy atom. The summed E-state index contributed by atoms with van der Waals surface area (Å²) in [6.45, 7) is 0. The zero-order valence-electron chi connectivity index (χ0n) is 11.2. The van der Waals surface area contributed by atoms with Gasteiger partial charge in [0.25, 0.3) is 0 Å². The average molecular weight is 357 g/mol. The second-order valence-corrected chi connectivity index (χ2v) is 5.97. The molecule has 0 fully saturated rings. The lowest BCUT2D eigenvalue weighted by atomic mass is 9.99. The first-order valence-electron chi connectivity index (χ1n) is 6.44. The Bertz CT molecular complexity index is 588. The Balaban J connectivity index is 2.11. The molecular formula is C16H16BrClFN. The van der Waals surface area contributed by atoms with Crippen LogP contribution < -0.4 is 5.32 Å². The maximum atomic E-state index is 13.5. The minimum atomic E-state index is -0.222. The van der Waals surface area contributed by atoms with Crippen molar-refractivity contribution in [3.63, 3.8) is 0 Å². The van der Waals surface area contributed by atoms with Crippen molar-refractivity contribution in [2.45, 2.75) is 18.9 Å². The number of nitrogens with one attached hydrogen (secondary N) is 1. The highest BCUT2D eigenvalue weighted by Crippen LogP contribution is 2.22. The second kappa shape index (κ2) is 7.21. The summed E-state index contributed by atoms with van der Waals surface area (Å²) in [5.41, 5.74) is 2.13. The Kier molecular flexibility index (Phi) is 5.58. The molecule has 1 unspecified atom stereocenters. The molecule has 4 heteroatoms. The van der Waals surface area contributed by atoms with Gasteiger partial charge in [0, 0.05) is 11.1 Å². The summed E-state index contributed by atoms with van der Waals surface area (Å²) in [7, 11) is 1.92. The van der Waals surface area contributed by atoms with Gasteiger partial charge in [-0.1, -0.05) is 35.9 Å². The summed E-state index contributed by atoms with van der Waals surface area (Å²) in [6.07, 6.45) is 1.60. The molecular weight excluding hydrogens is 341 g/mol. The van der Waals surface area contributed by atoms with Crippen LogP contribution in [0.1, 0.15) is 11.1 Å². The third kappa shape index (κ3) is 4.05. The molecule has 106 valence electrons. The fourth-order valence-electron chi connectivity index (χ4n) is 2.20. The Morgan fingerprint density at radius 1 is 1.20 bits per heavy atom. The van der Waals surface area contributed by atoms with Gasteiger partial charge in [0.05, 0.1) is 4.47 Å². The Hall–Kier alpha value is -0.900. The van der Waals surface area contributed by atoms with Crippen LogP contribution in [0.2, 0.25) is 5.02 Å². The maximum absolute atomic E-state index is 13.5. The van der Waals surface area contributed by atoms with E-state index in [2.05, 4.69) is 27.3 Å². The molecule has 0 spiro atoms. The number of hydrogen-bond acceptors (Lipinski definition) is 1. The molecule has 1 atom stereocenters. The van der Waals surface area contributed by atoms with Crippen molar-refractivity contribution < 1.29 is 4.39 Å². The fourth-order valence-corrected chi connectivity index (χ4v) is 2.84. The Morgan fingerprint density at radius 3 is 2.65 bits per heavy atom. The maximum Gasteiger partial charge on any atom is 0.137 e. The molecule has 0 saturated carbocycles. The van der Waals surface area contributed by atoms with Gasteiger partial charge in [-0.25, -0.2) is 4.39 Å². The topological polar surface area (TPSA) is 12.0 Å². The van der Waals surface area contributed by atoms with Crippen LogP contribution in [0.3, 0.4) is 0 Å². The molecule has 2 aromatic rings. The molecule has 0 heterocycles. The van der Waals surface area contributed by atoms with Gasteiger partial charge in [-0.2, -0.15) is 0 Å². The highest BCUT2D eigenvalue weighted by Gasteiger charge is 2.12. The van der Waals surface area contributed by atoms with Gasteiger partial charge in [-0.15, -0.1) is 0 Å². The third-order valence-corrected chi connectivity index (χ3v) is 4.40. The minimum absolute atomic E-state index is 0.222. The zero-order valence-corrected chi connectivity index (χ0v) is 13.5. The molecule has 0 aliphatic carbocycles. The number of rotatable bonds is 5. The molecule has 1 N–H and O–H groups in total. The van der Waals surface area contributed by atoms with Gasteiger partial charge < -0.3 is 5.32 Å². The molecule has 0 aromatic heterocycles. The number of likely N-dealkylation sites (N-methyl/N-ethyl adjacent to an activating group) is 1. The third-order valence-electron chi connectivity index (χ3n) is 3.28. The van der Waals surface area contributed by atoms with Gasteiger partial charge in [0.1, 0.15) is 5.82 Å². The summed E-state index contributed by atoms with van der Waals surface area (Å²) in [6, 6.07) is 13.2. The van der Waals surface area contributed by atoms with Crippen molar-refractivity contribution >= 4 is 27.5 Å². The first-order chi connectivity index (χ1) is 9.60. The predicted molar refractivity (Wildman–Crippen MR) is 85.8 cm³/mol. The van der Waals surface area contributed by atoms with Gasteiger partial charge in [0.2, 0.25) is 0 Å². The molecule has 0 aliphatic rings. The van der Waals surface area contributed by atoms with Crippen LogP contribution in [-0.2, 0) is 12.8 Å². The lowest BCUT2D eigenvalue weighted by molar-refractivity contribution is 0.550. The highest BCUT2D eigenvalue weighted by atomic mass is 79.9. The quantitative estimate of drug-likeness (QED) is 0.824. The minimum Gasteiger partial charge on any atom is -0.316 e. The van der Waals surface area contributed by atoms with E-state index in [1.807, 2.05) is 31.3 Å². The highest BCUT2D eigenvalue weighted by molar-refractivity contribution is 9.10. The van der Waals surface area contributed by atoms with E-state index in [0.29, 0.717) is 4.47 Å². The first-order valence-corrected chi connectivity index (χ1v) is 7.62. The summed E-state index contributed by atoms with van der Waals surface area (Å²) < 4.78 is 14.1. The smallest absolute Gasteiger partial charge is 0.137 e. The molecule has 0 amide bonds. The van der Waals surface area contributed by atoms with Crippen molar-refractivity contribution in [2.75, 3.05) is 7.05 Å². The van der Waals surface area contributed by atoms with Crippen LogP contribution in [-0.4, -0.2) is 13.1 Å². The number of halogens is 3. The largest absolute Gasteiger partial charge is 0.316 e. The molecule has 2 rings (SSSR count). The molecule has 0 aliphatic heterocycles. The van der Waals surface area contributed by atoms with E-state index in [1.165, 1.54) is 11.6 Å². The molecule has 0 radical (unpaired) electrons. The van der Waals surface area contributed by atoms with E-state index in [1.54, 1.807) is 6.07 Å². The molecule has 0 saturated heterocycles. The average Bonchev–Trinajstić information content (AvgIpc) is 2.43. The van der Waals surface area contributed by atoms with Crippen LogP contribution in [0.15, 0.2) is 46.9 Å². The molecule has 1 nitrogen and oxygen atoms in total. The standard InChI is InChI=1S/C16H16BrClFN/c1-20-14(9-11-4-2-6-13(18)8-11)10-12-5-3-7-15(19)16(12)17/h2-8,14,20H,9-10H2,1H3. The van der Waals surface area contributed by atoms with E-state index in [0.717, 1.165) is 23.4 Å². The van der Waals surface area contributed by atoms with Crippen molar-refractivity contribution in [1.29, 1.82) is 0 Å². The van der Waals surface area contributed by atoms with Gasteiger partial charge in [-0.3, -0.25) is 0 Å². The summed E-state index contributed by atoms with van der Waals surface area (Å²) in [5, 5.41) is 4.02. The van der Waals surface area contributed by atoms with Crippen LogP contribution in [0, 0.1) is 5.82 Å². The Labute approximate surface area is 132 Å². The molecule has 2 aromatic carbocycles. The van der Waals surface area contributed by atoms with Gasteiger partial charge in [0.15, 0.2) is 0 Å². The first kappa shape index (κ1) is 15.5. The monoisotopic (exact) mass is 355 g/mol. The van der Waals surface area contributed by atoms with Gasteiger partial charge >= 0.3 is 0 Å². The zero-order chi connectivity index (χ0) is 14.5. The van der Waals surface area contributed by atoms with Crippen molar-refractivity contribution in [2.24, 2.45) is 0 Å². The fraction of sp³-hybridized carbons (Fsp3) is 0.250. The lowest BCUT2D eigenvalue weighted by Gasteiger charge is -2.17. The van der Waals surface area contributed by atoms with Crippen molar-refractivity contribution in [3.05, 3.63) is 68.9 Å². The molecule has 0 bridgehead atoms. The number of benzene rings is 2. The van der Waals surface area contributed by atoms with E-state index in [4.69, 9.17) is 11.6 Å². The number of hydrogen-bond donors (Lipinski definition) is 1. The van der Waals surface area contributed by atoms with Crippen molar-refractivity contribution in [3.8, 4) is 0 Å². The molecule has 20 heavy (non-hydrogen) atoms. The van der Waals surface area contributed by atoms with Crippen LogP contribution in [0.5, 0.6) is 0 Å². The van der Waals surface area contributed by atoms with Crippen LogP contribution >= 0.6 is 27.5 Å². The van der Waals surface area contributed by atoms with Crippen molar-refractivity contribution in [1.82, 2.24) is 5.32 Å². The summed E-state index contributed by atoms with van der Waals surface area (Å²) >= 11 is 9.31. The second-order valence-electron chi connectivity index (χ2n) is 4.74. The van der Waals surface area contributed by atoms with Crippen LogP contribution in [0.25, 0.3) is 0 Å². The van der Waals surface area contributed by atoms with Crippen LogP contribution in [0.4, 0.5) is 4.39 Å². The van der Waals surface area contributed by atoms with E-state index in [-0.39, 0.29) is 11.9 Å². The van der Waals surface area contributed by atoms with E-state index >= 15 is 0 Å². The summed E-state index contributed by atoms with van der Waals surface area (Å²) in [4.78, 5) is 0. The SMILES string of the molecule is CNC(Cc1cccc(Cl)c1)Cc1cccc(F)c1Br. The van der Waals surface area contributed by atoms with E-state index < -0.39 is 0 Å². The summed E-state index contributed by atoms with van der Waals surface area (Å²) in [5.74, 6) is -0.222. The van der Waals surface area contributed by atoms with E-state index in [9.17, 15) is 4.39 Å².